The summed E-state index contributed by atoms with van der Waals surface area (Å²) in [6.45, 7) is 5.38. The Kier molecular flexibility index (Phi) is 6.75. The average molecular weight is 913 g/mol. The number of hydrogen-bond acceptors (Lipinski definition) is 0. The molecule has 0 fully saturated rings. The summed E-state index contributed by atoms with van der Waals surface area (Å²) in [7, 11) is 0. The zero-order valence-electron chi connectivity index (χ0n) is 40.2. The Morgan fingerprint density at radius 2 is 0.250 bits per heavy atom. The van der Waals surface area contributed by atoms with Crippen molar-refractivity contribution in [2.45, 2.75) is 73.0 Å². The van der Waals surface area contributed by atoms with Crippen LogP contribution in [-0.4, -0.2) is 0 Å². The van der Waals surface area contributed by atoms with Crippen LogP contribution in [0.3, 0.4) is 0 Å². The Balaban J connectivity index is 1.01. The molecule has 0 unspecified atom stereocenters. The Morgan fingerprint density at radius 3 is 0.361 bits per heavy atom. The molecule has 13 aliphatic rings. The lowest BCUT2D eigenvalue weighted by atomic mass is 9.47. The highest BCUT2D eigenvalue weighted by Crippen LogP contribution is 2.72. The maximum atomic E-state index is 2.69. The molecule has 8 bridgehead atoms. The third-order valence-corrected chi connectivity index (χ3v) is 20.5. The molecule has 0 aromatic heterocycles. The molecule has 13 aliphatic carbocycles. The third kappa shape index (κ3) is 4.04. The zero-order chi connectivity index (χ0) is 46.6. The first-order valence-corrected chi connectivity index (χ1v) is 26.9. The first-order chi connectivity index (χ1) is 35.7. The van der Waals surface area contributed by atoms with E-state index < -0.39 is 0 Å². The van der Waals surface area contributed by atoms with Gasteiger partial charge in [-0.15, -0.1) is 0 Å². The zero-order valence-corrected chi connectivity index (χ0v) is 40.2. The van der Waals surface area contributed by atoms with Crippen molar-refractivity contribution in [3.63, 3.8) is 0 Å². The Labute approximate surface area is 420 Å². The summed E-state index contributed by atoms with van der Waals surface area (Å²) in [4.78, 5) is 0. The van der Waals surface area contributed by atoms with Gasteiger partial charge in [0, 0.05) is 59.2 Å². The van der Waals surface area contributed by atoms with E-state index in [2.05, 4.69) is 208 Å². The van der Waals surface area contributed by atoms with Crippen LogP contribution < -0.4 is 0 Å². The van der Waals surface area contributed by atoms with Gasteiger partial charge in [-0.25, -0.2) is 0 Å². The molecule has 0 radical (unpaired) electrons. The van der Waals surface area contributed by atoms with Gasteiger partial charge in [-0.3, -0.25) is 0 Å². The van der Waals surface area contributed by atoms with Crippen molar-refractivity contribution in [2.75, 3.05) is 0 Å². The van der Waals surface area contributed by atoms with E-state index in [1.54, 1.807) is 66.8 Å². The minimum absolute atomic E-state index is 0.165. The summed E-state index contributed by atoms with van der Waals surface area (Å²) in [6.07, 6.45) is 0. The maximum Gasteiger partial charge on any atom is 0.0352 e. The second-order valence-corrected chi connectivity index (χ2v) is 22.9. The minimum Gasteiger partial charge on any atom is -0.0619 e. The van der Waals surface area contributed by atoms with Crippen LogP contribution in [0.2, 0.25) is 0 Å². The molecule has 0 nitrogen and oxygen atoms in total. The largest absolute Gasteiger partial charge is 0.0619 e. The van der Waals surface area contributed by atoms with E-state index in [9.17, 15) is 0 Å². The lowest BCUT2D eigenvalue weighted by Gasteiger charge is -2.55. The fourth-order valence-electron chi connectivity index (χ4n) is 18.5. The molecular weight excluding hydrogens is 865 g/mol. The fraction of sp³-hybridized carbons (Fsp3) is 0.167. The summed E-state index contributed by atoms with van der Waals surface area (Å²) in [5, 5.41) is 0. The monoisotopic (exact) mass is 912 g/mol. The van der Waals surface area contributed by atoms with E-state index in [1.165, 1.54) is 89.0 Å². The Bertz CT molecular complexity index is 3490. The van der Waals surface area contributed by atoms with Gasteiger partial charge in [-0.05, 0) is 156 Å². The smallest absolute Gasteiger partial charge is 0.0352 e. The van der Waals surface area contributed by atoms with E-state index >= 15 is 0 Å². The van der Waals surface area contributed by atoms with Crippen LogP contribution in [0.4, 0.5) is 0 Å². The molecule has 0 spiro atoms. The second kappa shape index (κ2) is 12.8. The molecule has 0 aliphatic heterocycles. The third-order valence-electron chi connectivity index (χ3n) is 20.5. The van der Waals surface area contributed by atoms with Crippen molar-refractivity contribution in [2.24, 2.45) is 0 Å². The number of fused-ring (bicyclic) bond motifs is 2. The van der Waals surface area contributed by atoms with Crippen molar-refractivity contribution >= 4 is 0 Å². The molecule has 72 heavy (non-hydrogen) atoms. The van der Waals surface area contributed by atoms with Gasteiger partial charge in [0.1, 0.15) is 0 Å². The van der Waals surface area contributed by atoms with Crippen LogP contribution in [0, 0.1) is 0 Å². The average Bonchev–Trinajstić information content (AvgIpc) is 3.45. The SMILES string of the molecule is CC1c2c(c3c(c4c2C2c5ccccc5C4c4ccccc42)C2c4ccccc4C3c3ccccc32)C(C)c2c1c1c(c3c2C2c4ccccc4C3c3ccccc32)C2c3ccccc3C1c1ccccc12. The van der Waals surface area contributed by atoms with Crippen LogP contribution >= 0.6 is 0 Å². The number of hydrogen-bond donors (Lipinski definition) is 0. The normalized spacial score (nSPS) is 25.6. The van der Waals surface area contributed by atoms with Gasteiger partial charge >= 0.3 is 0 Å². The van der Waals surface area contributed by atoms with Crippen molar-refractivity contribution in [1.82, 2.24) is 0 Å². The fourth-order valence-corrected chi connectivity index (χ4v) is 18.5. The van der Waals surface area contributed by atoms with Gasteiger partial charge in [0.15, 0.2) is 0 Å². The van der Waals surface area contributed by atoms with Crippen molar-refractivity contribution in [3.05, 3.63) is 350 Å². The molecule has 0 N–H and O–H groups in total. The quantitative estimate of drug-likeness (QED) is 0.142. The molecule has 10 aromatic carbocycles. The first kappa shape index (κ1) is 38.0. The van der Waals surface area contributed by atoms with Gasteiger partial charge in [0.05, 0.1) is 0 Å². The van der Waals surface area contributed by atoms with E-state index in [0.717, 1.165) is 0 Å². The predicted octanol–water partition coefficient (Wildman–Crippen LogP) is 16.3. The molecule has 23 rings (SSSR count). The summed E-state index contributed by atoms with van der Waals surface area (Å²) in [5.41, 5.74) is 44.0. The molecular formula is C72H48. The van der Waals surface area contributed by atoms with E-state index in [4.69, 9.17) is 0 Å². The van der Waals surface area contributed by atoms with Gasteiger partial charge in [0.2, 0.25) is 0 Å². The van der Waals surface area contributed by atoms with Crippen molar-refractivity contribution in [3.8, 4) is 0 Å². The standard InChI is InChI=1S/C72H48/c1-35-53-55(67-59-41-23-7-15-31-49(41)63(50-32-16-8-24-42(50)59)71(67)69-61-45-27-11-3-19-37(45)57(65(53)69)38-20-4-12-28-46(38)61)36(2)56-54(35)66-58-39-21-5-13-29-47(39)62(48-30-14-6-22-40(48)58)70(66)72-64-51-33-17-9-25-43(51)60(68(56)72)44-26-10-18-34-52(44)64/h3-36,57-64H,1-2H3. The molecule has 0 heteroatoms. The number of benzene rings is 10. The maximum absolute atomic E-state index is 2.69. The summed E-state index contributed by atoms with van der Waals surface area (Å²) < 4.78 is 0. The molecule has 10 aromatic rings. The molecule has 0 heterocycles. The Morgan fingerprint density at radius 1 is 0.153 bits per heavy atom. The lowest BCUT2D eigenvalue weighted by Crippen LogP contribution is -2.40. The summed E-state index contributed by atoms with van der Waals surface area (Å²) in [5.74, 6) is 1.70. The summed E-state index contributed by atoms with van der Waals surface area (Å²) >= 11 is 0. The molecule has 0 amide bonds. The van der Waals surface area contributed by atoms with Gasteiger partial charge < -0.3 is 0 Å². The van der Waals surface area contributed by atoms with Gasteiger partial charge in [-0.2, -0.15) is 0 Å². The topological polar surface area (TPSA) is 0 Å². The second-order valence-electron chi connectivity index (χ2n) is 22.9. The molecule has 0 saturated heterocycles. The van der Waals surface area contributed by atoms with Crippen molar-refractivity contribution in [1.29, 1.82) is 0 Å². The summed E-state index contributed by atoms with van der Waals surface area (Å²) in [6, 6.07) is 76.9. The lowest BCUT2D eigenvalue weighted by molar-refractivity contribution is 0.619. The van der Waals surface area contributed by atoms with E-state index in [0.29, 0.717) is 0 Å². The molecule has 336 valence electrons. The van der Waals surface area contributed by atoms with Gasteiger partial charge in [-0.1, -0.05) is 208 Å². The number of rotatable bonds is 0. The minimum atomic E-state index is 0.165. The van der Waals surface area contributed by atoms with Gasteiger partial charge in [0.25, 0.3) is 0 Å². The predicted molar refractivity (Wildman–Crippen MR) is 287 cm³/mol. The van der Waals surface area contributed by atoms with Crippen molar-refractivity contribution < 1.29 is 0 Å². The molecule has 0 saturated carbocycles. The van der Waals surface area contributed by atoms with Crippen LogP contribution in [0.5, 0.6) is 0 Å². The highest BCUT2D eigenvalue weighted by molar-refractivity contribution is 5.86. The van der Waals surface area contributed by atoms with Crippen LogP contribution in [0.25, 0.3) is 0 Å². The van der Waals surface area contributed by atoms with Crippen LogP contribution in [0.15, 0.2) is 194 Å². The van der Waals surface area contributed by atoms with E-state index in [1.807, 2.05) is 0 Å². The van der Waals surface area contributed by atoms with Crippen LogP contribution in [0.1, 0.15) is 229 Å². The molecule has 0 atom stereocenters. The van der Waals surface area contributed by atoms with E-state index in [-0.39, 0.29) is 59.2 Å². The first-order valence-electron chi connectivity index (χ1n) is 26.9. The van der Waals surface area contributed by atoms with Crippen LogP contribution in [-0.2, 0) is 0 Å². The Hall–Kier alpha value is -7.80. The highest BCUT2D eigenvalue weighted by atomic mass is 14.6. The highest BCUT2D eigenvalue weighted by Gasteiger charge is 2.57.